The number of hydrogen-bond donors (Lipinski definition) is 3. The van der Waals surface area contributed by atoms with Crippen molar-refractivity contribution >= 4 is 5.91 Å². The number of nitrogens with two attached hydrogens (primary N) is 2. The van der Waals surface area contributed by atoms with Crippen LogP contribution in [0.15, 0.2) is 0 Å². The number of nitrogens with one attached hydrogen (secondary N) is 1. The van der Waals surface area contributed by atoms with E-state index in [9.17, 15) is 4.79 Å². The third-order valence-corrected chi connectivity index (χ3v) is 1.02. The largest absolute Gasteiger partial charge is 0.378 e. The second kappa shape index (κ2) is 7.46. The summed E-state index contributed by atoms with van der Waals surface area (Å²) in [7, 11) is 0. The minimum Gasteiger partial charge on any atom is -0.378 e. The van der Waals surface area contributed by atoms with Crippen molar-refractivity contribution in [3.8, 4) is 0 Å². The molecule has 5 heteroatoms. The van der Waals surface area contributed by atoms with E-state index < -0.39 is 0 Å². The van der Waals surface area contributed by atoms with Crippen LogP contribution in [0.2, 0.25) is 0 Å². The van der Waals surface area contributed by atoms with Crippen LogP contribution in [0.3, 0.4) is 0 Å². The lowest BCUT2D eigenvalue weighted by Gasteiger charge is -2.03. The molecule has 0 unspecified atom stereocenters. The Hall–Kier alpha value is -0.650. The Balaban J connectivity index is 2.95. The fraction of sp³-hybridized carbons (Fsp3) is 0.833. The van der Waals surface area contributed by atoms with Gasteiger partial charge in [-0.1, -0.05) is 0 Å². The van der Waals surface area contributed by atoms with Crippen molar-refractivity contribution in [3.05, 3.63) is 0 Å². The molecule has 0 aliphatic rings. The summed E-state index contributed by atoms with van der Waals surface area (Å²) in [6.07, 6.45) is 0. The molecule has 0 atom stereocenters. The van der Waals surface area contributed by atoms with E-state index in [1.807, 2.05) is 0 Å². The second-order valence-corrected chi connectivity index (χ2v) is 1.96. The van der Waals surface area contributed by atoms with Gasteiger partial charge in [-0.05, 0) is 0 Å². The molecule has 66 valence electrons. The van der Waals surface area contributed by atoms with Crippen LogP contribution in [-0.4, -0.2) is 38.8 Å². The van der Waals surface area contributed by atoms with E-state index in [-0.39, 0.29) is 12.5 Å². The van der Waals surface area contributed by atoms with Gasteiger partial charge in [0.2, 0.25) is 5.91 Å². The van der Waals surface area contributed by atoms with Gasteiger partial charge in [-0.3, -0.25) is 4.79 Å². The Morgan fingerprint density at radius 2 is 2.09 bits per heavy atom. The molecule has 5 N–H and O–H groups in total. The molecule has 0 aromatic rings. The van der Waals surface area contributed by atoms with E-state index >= 15 is 0 Å². The monoisotopic (exact) mass is 161 g/mol. The summed E-state index contributed by atoms with van der Waals surface area (Å²) in [6.45, 7) is 2.04. The Bertz CT molecular complexity index is 108. The Kier molecular flexibility index (Phi) is 7.02. The van der Waals surface area contributed by atoms with E-state index in [1.165, 1.54) is 0 Å². The lowest BCUT2D eigenvalue weighted by atomic mass is 10.5. The molecule has 0 saturated carbocycles. The van der Waals surface area contributed by atoms with Crippen LogP contribution in [0, 0.1) is 0 Å². The van der Waals surface area contributed by atoms with Gasteiger partial charge in [0.1, 0.15) is 0 Å². The summed E-state index contributed by atoms with van der Waals surface area (Å²) in [5.41, 5.74) is 10.2. The van der Waals surface area contributed by atoms with Gasteiger partial charge in [-0.2, -0.15) is 0 Å². The maximum atomic E-state index is 10.5. The molecule has 5 nitrogen and oxygen atoms in total. The number of rotatable bonds is 6. The van der Waals surface area contributed by atoms with Crippen molar-refractivity contribution in [3.63, 3.8) is 0 Å². The fourth-order valence-electron chi connectivity index (χ4n) is 0.520. The van der Waals surface area contributed by atoms with Crippen LogP contribution >= 0.6 is 0 Å². The Labute approximate surface area is 66.1 Å². The first-order chi connectivity index (χ1) is 5.31. The molecule has 0 fully saturated rings. The van der Waals surface area contributed by atoms with Crippen molar-refractivity contribution in [1.29, 1.82) is 0 Å². The van der Waals surface area contributed by atoms with Crippen molar-refractivity contribution in [1.82, 2.24) is 5.32 Å². The molecule has 0 aliphatic carbocycles. The van der Waals surface area contributed by atoms with Crippen molar-refractivity contribution in [2.24, 2.45) is 11.5 Å². The van der Waals surface area contributed by atoms with E-state index in [0.717, 1.165) is 0 Å². The highest BCUT2D eigenvalue weighted by atomic mass is 16.5. The lowest BCUT2D eigenvalue weighted by Crippen LogP contribution is -2.33. The van der Waals surface area contributed by atoms with E-state index in [1.54, 1.807) is 0 Å². The average molecular weight is 161 g/mol. The molecule has 0 aliphatic heterocycles. The quantitative estimate of drug-likeness (QED) is 0.394. The maximum Gasteiger partial charge on any atom is 0.233 e. The molecule has 0 saturated heterocycles. The molecule has 0 rings (SSSR count). The van der Waals surface area contributed by atoms with Gasteiger partial charge < -0.3 is 21.5 Å². The van der Waals surface area contributed by atoms with Gasteiger partial charge in [-0.15, -0.1) is 0 Å². The van der Waals surface area contributed by atoms with Gasteiger partial charge in [0.15, 0.2) is 0 Å². The van der Waals surface area contributed by atoms with Crippen LogP contribution in [-0.2, 0) is 9.53 Å². The average Bonchev–Trinajstić information content (AvgIpc) is 2.04. The van der Waals surface area contributed by atoms with E-state index in [2.05, 4.69) is 5.32 Å². The minimum absolute atomic E-state index is 0.0247. The number of carbonyl (C=O) groups excluding carboxylic acids is 1. The SMILES string of the molecule is NCCOCCNC(=O)CN. The Morgan fingerprint density at radius 3 is 2.64 bits per heavy atom. The molecule has 0 aromatic carbocycles. The van der Waals surface area contributed by atoms with E-state index in [4.69, 9.17) is 16.2 Å². The molecular formula is C6H15N3O2. The zero-order valence-corrected chi connectivity index (χ0v) is 6.51. The summed E-state index contributed by atoms with van der Waals surface area (Å²) >= 11 is 0. The number of carbonyl (C=O) groups is 1. The van der Waals surface area contributed by atoms with Crippen molar-refractivity contribution in [2.45, 2.75) is 0 Å². The van der Waals surface area contributed by atoms with Crippen LogP contribution in [0.5, 0.6) is 0 Å². The number of amides is 1. The second-order valence-electron chi connectivity index (χ2n) is 1.96. The zero-order valence-electron chi connectivity index (χ0n) is 6.51. The van der Waals surface area contributed by atoms with Gasteiger partial charge in [0.25, 0.3) is 0 Å². The lowest BCUT2D eigenvalue weighted by molar-refractivity contribution is -0.119. The van der Waals surface area contributed by atoms with Crippen molar-refractivity contribution in [2.75, 3.05) is 32.8 Å². The maximum absolute atomic E-state index is 10.5. The Morgan fingerprint density at radius 1 is 1.36 bits per heavy atom. The predicted molar refractivity (Wildman–Crippen MR) is 41.9 cm³/mol. The normalized spacial score (nSPS) is 9.64. The highest BCUT2D eigenvalue weighted by Gasteiger charge is 1.93. The van der Waals surface area contributed by atoms with Gasteiger partial charge in [-0.25, -0.2) is 0 Å². The summed E-state index contributed by atoms with van der Waals surface area (Å²) in [4.78, 5) is 10.5. The first-order valence-corrected chi connectivity index (χ1v) is 3.56. The van der Waals surface area contributed by atoms with Gasteiger partial charge in [0, 0.05) is 13.1 Å². The van der Waals surface area contributed by atoms with Crippen LogP contribution in [0.1, 0.15) is 0 Å². The standard InChI is InChI=1S/C6H15N3O2/c7-1-3-11-4-2-9-6(10)5-8/h1-5,7-8H2,(H,9,10). The van der Waals surface area contributed by atoms with Crippen LogP contribution in [0.25, 0.3) is 0 Å². The zero-order chi connectivity index (χ0) is 8.53. The third-order valence-electron chi connectivity index (χ3n) is 1.02. The molecule has 11 heavy (non-hydrogen) atoms. The molecule has 0 bridgehead atoms. The number of hydrogen-bond acceptors (Lipinski definition) is 4. The topological polar surface area (TPSA) is 90.4 Å². The van der Waals surface area contributed by atoms with Crippen molar-refractivity contribution < 1.29 is 9.53 Å². The molecule has 1 amide bonds. The fourth-order valence-corrected chi connectivity index (χ4v) is 0.520. The molecule has 0 radical (unpaired) electrons. The summed E-state index contributed by atoms with van der Waals surface area (Å²) in [5.74, 6) is -0.165. The smallest absolute Gasteiger partial charge is 0.233 e. The van der Waals surface area contributed by atoms with Gasteiger partial charge >= 0.3 is 0 Å². The summed E-state index contributed by atoms with van der Waals surface area (Å²) in [5, 5.41) is 2.56. The predicted octanol–water partition coefficient (Wildman–Crippen LogP) is -1.96. The molecule has 0 aromatic heterocycles. The van der Waals surface area contributed by atoms with Crippen LogP contribution < -0.4 is 16.8 Å². The summed E-state index contributed by atoms with van der Waals surface area (Å²) < 4.78 is 5.00. The minimum atomic E-state index is -0.165. The first kappa shape index (κ1) is 10.3. The highest BCUT2D eigenvalue weighted by Crippen LogP contribution is 1.69. The van der Waals surface area contributed by atoms with Gasteiger partial charge in [0.05, 0.1) is 19.8 Å². The molecule has 0 spiro atoms. The first-order valence-electron chi connectivity index (χ1n) is 3.56. The van der Waals surface area contributed by atoms with E-state index in [0.29, 0.717) is 26.3 Å². The molecule has 0 heterocycles. The number of ether oxygens (including phenoxy) is 1. The summed E-state index contributed by atoms with van der Waals surface area (Å²) in [6, 6.07) is 0. The van der Waals surface area contributed by atoms with Crippen LogP contribution in [0.4, 0.5) is 0 Å². The third kappa shape index (κ3) is 7.24. The molecular weight excluding hydrogens is 146 g/mol. The highest BCUT2D eigenvalue weighted by molar-refractivity contribution is 5.77.